The van der Waals surface area contributed by atoms with E-state index in [4.69, 9.17) is 11.6 Å². The largest absolute Gasteiger partial charge is 0.350 e. The van der Waals surface area contributed by atoms with Crippen LogP contribution in [0.3, 0.4) is 0 Å². The number of imide groups is 1. The zero-order valence-corrected chi connectivity index (χ0v) is 17.8. The molecule has 3 aromatic carbocycles. The molecule has 0 saturated carbocycles. The van der Waals surface area contributed by atoms with Gasteiger partial charge >= 0.3 is 0 Å². The predicted molar refractivity (Wildman–Crippen MR) is 121 cm³/mol. The van der Waals surface area contributed by atoms with Gasteiger partial charge in [0.2, 0.25) is 0 Å². The van der Waals surface area contributed by atoms with Gasteiger partial charge in [-0.15, -0.1) is 0 Å². The van der Waals surface area contributed by atoms with Crippen LogP contribution in [0, 0.1) is 12.7 Å². The van der Waals surface area contributed by atoms with Gasteiger partial charge in [0.1, 0.15) is 11.5 Å². The molecule has 1 aliphatic heterocycles. The van der Waals surface area contributed by atoms with Gasteiger partial charge < -0.3 is 5.32 Å². The van der Waals surface area contributed by atoms with E-state index >= 15 is 0 Å². The number of rotatable bonds is 5. The SMILES string of the molecule is CCc1ccc(N2C(=O)C(Nc3cccc(Cl)c3C)=C(c3ccc(F)cc3)C2=O)cc1. The summed E-state index contributed by atoms with van der Waals surface area (Å²) in [4.78, 5) is 27.9. The molecule has 0 bridgehead atoms. The number of carbonyl (C=O) groups is 2. The number of nitrogens with zero attached hydrogens (tertiary/aromatic N) is 1. The highest BCUT2D eigenvalue weighted by molar-refractivity contribution is 6.46. The number of hydrogen-bond acceptors (Lipinski definition) is 3. The van der Waals surface area contributed by atoms with Crippen molar-refractivity contribution < 1.29 is 14.0 Å². The van der Waals surface area contributed by atoms with Gasteiger partial charge in [-0.2, -0.15) is 0 Å². The second kappa shape index (κ2) is 8.36. The highest BCUT2D eigenvalue weighted by Gasteiger charge is 2.40. The van der Waals surface area contributed by atoms with Crippen molar-refractivity contribution in [3.63, 3.8) is 0 Å². The second-order valence-corrected chi connectivity index (χ2v) is 7.67. The van der Waals surface area contributed by atoms with Crippen LogP contribution in [0.1, 0.15) is 23.6 Å². The summed E-state index contributed by atoms with van der Waals surface area (Å²) in [5, 5.41) is 3.64. The maximum Gasteiger partial charge on any atom is 0.282 e. The molecule has 6 heteroatoms. The number of nitrogens with one attached hydrogen (secondary N) is 1. The number of carbonyl (C=O) groups excluding carboxylic acids is 2. The number of benzene rings is 3. The van der Waals surface area contributed by atoms with Gasteiger partial charge in [-0.3, -0.25) is 9.59 Å². The van der Waals surface area contributed by atoms with Gasteiger partial charge in [0, 0.05) is 10.7 Å². The van der Waals surface area contributed by atoms with E-state index < -0.39 is 17.6 Å². The highest BCUT2D eigenvalue weighted by atomic mass is 35.5. The van der Waals surface area contributed by atoms with Crippen LogP contribution in [0.25, 0.3) is 5.57 Å². The van der Waals surface area contributed by atoms with Crippen molar-refractivity contribution in [1.29, 1.82) is 0 Å². The van der Waals surface area contributed by atoms with Crippen LogP contribution >= 0.6 is 11.6 Å². The molecule has 31 heavy (non-hydrogen) atoms. The summed E-state index contributed by atoms with van der Waals surface area (Å²) >= 11 is 6.23. The van der Waals surface area contributed by atoms with E-state index in [1.807, 2.05) is 26.0 Å². The first kappa shape index (κ1) is 20.8. The zero-order chi connectivity index (χ0) is 22.1. The third kappa shape index (κ3) is 3.84. The van der Waals surface area contributed by atoms with E-state index in [2.05, 4.69) is 5.32 Å². The van der Waals surface area contributed by atoms with Crippen LogP contribution in [0.15, 0.2) is 72.4 Å². The smallest absolute Gasteiger partial charge is 0.282 e. The van der Waals surface area contributed by atoms with Crippen molar-refractivity contribution in [3.05, 3.63) is 100.0 Å². The number of halogens is 2. The van der Waals surface area contributed by atoms with Crippen LogP contribution in [0.2, 0.25) is 5.02 Å². The Kier molecular flexibility index (Phi) is 5.61. The fraction of sp³-hybridized carbons (Fsp3) is 0.120. The summed E-state index contributed by atoms with van der Waals surface area (Å²) in [6.45, 7) is 3.86. The Labute approximate surface area is 185 Å². The summed E-state index contributed by atoms with van der Waals surface area (Å²) in [7, 11) is 0. The minimum Gasteiger partial charge on any atom is -0.350 e. The molecule has 0 unspecified atom stereocenters. The second-order valence-electron chi connectivity index (χ2n) is 7.26. The predicted octanol–water partition coefficient (Wildman–Crippen LogP) is 5.75. The van der Waals surface area contributed by atoms with Crippen molar-refractivity contribution in [1.82, 2.24) is 0 Å². The lowest BCUT2D eigenvalue weighted by molar-refractivity contribution is -0.120. The zero-order valence-electron chi connectivity index (χ0n) is 17.1. The first-order valence-electron chi connectivity index (χ1n) is 9.90. The maximum absolute atomic E-state index is 13.5. The van der Waals surface area contributed by atoms with Gasteiger partial charge in [0.25, 0.3) is 11.8 Å². The molecule has 0 atom stereocenters. The summed E-state index contributed by atoms with van der Waals surface area (Å²) in [5.41, 5.74) is 3.71. The molecule has 4 rings (SSSR count). The molecule has 0 fully saturated rings. The molecular weight excluding hydrogens is 415 g/mol. The molecule has 1 heterocycles. The van der Waals surface area contributed by atoms with Crippen LogP contribution in [-0.4, -0.2) is 11.8 Å². The van der Waals surface area contributed by atoms with Crippen molar-refractivity contribution in [2.45, 2.75) is 20.3 Å². The van der Waals surface area contributed by atoms with Crippen molar-refractivity contribution in [3.8, 4) is 0 Å². The lowest BCUT2D eigenvalue weighted by Crippen LogP contribution is -2.32. The summed E-state index contributed by atoms with van der Waals surface area (Å²) < 4.78 is 13.5. The average molecular weight is 435 g/mol. The molecule has 4 nitrogen and oxygen atoms in total. The minimum atomic E-state index is -0.479. The molecule has 0 saturated heterocycles. The fourth-order valence-electron chi connectivity index (χ4n) is 3.52. The summed E-state index contributed by atoms with van der Waals surface area (Å²) in [6, 6.07) is 18.1. The molecule has 0 aromatic heterocycles. The van der Waals surface area contributed by atoms with Crippen LogP contribution in [0.4, 0.5) is 15.8 Å². The molecule has 2 amide bonds. The van der Waals surface area contributed by atoms with E-state index in [1.54, 1.807) is 30.3 Å². The topological polar surface area (TPSA) is 49.4 Å². The van der Waals surface area contributed by atoms with E-state index in [0.717, 1.165) is 22.4 Å². The van der Waals surface area contributed by atoms with E-state index in [0.29, 0.717) is 22.0 Å². The Hall–Kier alpha value is -3.44. The lowest BCUT2D eigenvalue weighted by atomic mass is 10.0. The Balaban J connectivity index is 1.82. The molecule has 156 valence electrons. The Morgan fingerprint density at radius 2 is 1.61 bits per heavy atom. The van der Waals surface area contributed by atoms with Gasteiger partial charge in [0.05, 0.1) is 11.3 Å². The third-order valence-electron chi connectivity index (χ3n) is 5.35. The number of hydrogen-bond donors (Lipinski definition) is 1. The van der Waals surface area contributed by atoms with Crippen LogP contribution < -0.4 is 10.2 Å². The van der Waals surface area contributed by atoms with Crippen molar-refractivity contribution in [2.75, 3.05) is 10.2 Å². The molecular formula is C25H20ClFN2O2. The van der Waals surface area contributed by atoms with Gasteiger partial charge in [-0.05, 0) is 66.4 Å². The first-order chi connectivity index (χ1) is 14.9. The summed E-state index contributed by atoms with van der Waals surface area (Å²) in [5.74, 6) is -1.37. The standard InChI is InChI=1S/C25H20ClFN2O2/c1-3-16-7-13-19(14-8-16)29-24(30)22(17-9-11-18(27)12-10-17)23(25(29)31)28-21-6-4-5-20(26)15(21)2/h4-14,28H,3H2,1-2H3. The Morgan fingerprint density at radius 3 is 2.26 bits per heavy atom. The average Bonchev–Trinajstić information content (AvgIpc) is 3.01. The van der Waals surface area contributed by atoms with Crippen molar-refractivity contribution in [2.24, 2.45) is 0 Å². The fourth-order valence-corrected chi connectivity index (χ4v) is 3.70. The lowest BCUT2D eigenvalue weighted by Gasteiger charge is -2.16. The van der Waals surface area contributed by atoms with Crippen LogP contribution in [-0.2, 0) is 16.0 Å². The molecule has 1 aliphatic rings. The number of anilines is 2. The quantitative estimate of drug-likeness (QED) is 0.520. The third-order valence-corrected chi connectivity index (χ3v) is 5.76. The maximum atomic E-state index is 13.5. The van der Waals surface area contributed by atoms with Gasteiger partial charge in [-0.1, -0.05) is 48.9 Å². The normalized spacial score (nSPS) is 13.9. The summed E-state index contributed by atoms with van der Waals surface area (Å²) in [6.07, 6.45) is 0.849. The molecule has 0 spiro atoms. The van der Waals surface area contributed by atoms with E-state index in [1.165, 1.54) is 24.3 Å². The van der Waals surface area contributed by atoms with Crippen molar-refractivity contribution >= 4 is 40.4 Å². The minimum absolute atomic E-state index is 0.126. The number of aryl methyl sites for hydroxylation is 1. The van der Waals surface area contributed by atoms with Crippen LogP contribution in [0.5, 0.6) is 0 Å². The van der Waals surface area contributed by atoms with Gasteiger partial charge in [-0.25, -0.2) is 9.29 Å². The monoisotopic (exact) mass is 434 g/mol. The molecule has 1 N–H and O–H groups in total. The first-order valence-corrected chi connectivity index (χ1v) is 10.3. The van der Waals surface area contributed by atoms with E-state index in [-0.39, 0.29) is 11.3 Å². The molecule has 0 radical (unpaired) electrons. The Bertz CT molecular complexity index is 1200. The molecule has 3 aromatic rings. The number of amides is 2. The van der Waals surface area contributed by atoms with Gasteiger partial charge in [0.15, 0.2) is 0 Å². The van der Waals surface area contributed by atoms with E-state index in [9.17, 15) is 14.0 Å². The Morgan fingerprint density at radius 1 is 0.935 bits per heavy atom. The molecule has 0 aliphatic carbocycles. The highest BCUT2D eigenvalue weighted by Crippen LogP contribution is 2.35.